The Kier molecular flexibility index (Phi) is 5.12. The minimum atomic E-state index is -3.72. The molecular weight excluding hydrogens is 390 g/mol. The van der Waals surface area contributed by atoms with E-state index >= 15 is 0 Å². The van der Waals surface area contributed by atoms with Gasteiger partial charge in [0, 0.05) is 6.54 Å². The van der Waals surface area contributed by atoms with E-state index in [-0.39, 0.29) is 10.8 Å². The molecule has 2 heterocycles. The summed E-state index contributed by atoms with van der Waals surface area (Å²) in [6.07, 6.45) is 1.13. The maximum Gasteiger partial charge on any atom is 0.324 e. The Balaban J connectivity index is 2.31. The molecule has 1 unspecified atom stereocenters. The highest BCUT2D eigenvalue weighted by Crippen LogP contribution is 2.37. The molecule has 0 amide bonds. The fourth-order valence-corrected chi connectivity index (χ4v) is 6.25. The lowest BCUT2D eigenvalue weighted by Gasteiger charge is -2.21. The Labute approximate surface area is 135 Å². The number of sulfonamides is 1. The van der Waals surface area contributed by atoms with Gasteiger partial charge in [0.15, 0.2) is 0 Å². The number of carbonyl (C=O) groups excluding carboxylic acids is 1. The minimum Gasteiger partial charge on any atom is -0.465 e. The van der Waals surface area contributed by atoms with Gasteiger partial charge in [-0.1, -0.05) is 11.6 Å². The van der Waals surface area contributed by atoms with E-state index < -0.39 is 22.0 Å². The van der Waals surface area contributed by atoms with Crippen LogP contribution in [0.3, 0.4) is 0 Å². The first-order valence-corrected chi connectivity index (χ1v) is 9.44. The average molecular weight is 403 g/mol. The molecule has 1 saturated heterocycles. The maximum absolute atomic E-state index is 12.6. The summed E-state index contributed by atoms with van der Waals surface area (Å²) in [6.45, 7) is 2.25. The number of carbonyl (C=O) groups is 1. The molecule has 112 valence electrons. The van der Waals surface area contributed by atoms with Gasteiger partial charge in [-0.25, -0.2) is 8.42 Å². The van der Waals surface area contributed by atoms with Gasteiger partial charge in [-0.05, 0) is 41.8 Å². The second-order valence-electron chi connectivity index (χ2n) is 4.21. The Bertz CT molecular complexity index is 596. The highest BCUT2D eigenvalue weighted by Gasteiger charge is 2.41. The molecule has 1 aliphatic heterocycles. The molecule has 1 aliphatic rings. The summed E-state index contributed by atoms with van der Waals surface area (Å²) in [5.74, 6) is -0.490. The van der Waals surface area contributed by atoms with Crippen LogP contribution in [0.1, 0.15) is 19.8 Å². The number of hydrogen-bond acceptors (Lipinski definition) is 5. The number of halogens is 2. The number of thiophene rings is 1. The van der Waals surface area contributed by atoms with E-state index in [1.54, 1.807) is 6.92 Å². The topological polar surface area (TPSA) is 63.7 Å². The van der Waals surface area contributed by atoms with Gasteiger partial charge in [0.05, 0.1) is 15.4 Å². The van der Waals surface area contributed by atoms with E-state index in [1.165, 1.54) is 10.4 Å². The van der Waals surface area contributed by atoms with Crippen LogP contribution < -0.4 is 0 Å². The lowest BCUT2D eigenvalue weighted by molar-refractivity contribution is -0.146. The Hall–Kier alpha value is -0.150. The van der Waals surface area contributed by atoms with Crippen molar-refractivity contribution in [1.82, 2.24) is 4.31 Å². The Morgan fingerprint density at radius 1 is 1.65 bits per heavy atom. The van der Waals surface area contributed by atoms with Crippen molar-refractivity contribution in [3.05, 3.63) is 14.9 Å². The first-order chi connectivity index (χ1) is 9.37. The van der Waals surface area contributed by atoms with Crippen molar-refractivity contribution >= 4 is 54.9 Å². The molecular formula is C11H13BrClNO4S2. The zero-order valence-electron chi connectivity index (χ0n) is 10.6. The molecule has 0 bridgehead atoms. The molecule has 20 heavy (non-hydrogen) atoms. The monoisotopic (exact) mass is 401 g/mol. The highest BCUT2D eigenvalue weighted by molar-refractivity contribution is 9.11. The summed E-state index contributed by atoms with van der Waals surface area (Å²) in [5.41, 5.74) is 0. The van der Waals surface area contributed by atoms with E-state index in [2.05, 4.69) is 15.9 Å². The molecule has 1 aromatic rings. The molecule has 9 heteroatoms. The van der Waals surface area contributed by atoms with Crippen LogP contribution in [0.4, 0.5) is 0 Å². The van der Waals surface area contributed by atoms with Crippen LogP contribution in [0.15, 0.2) is 14.1 Å². The predicted octanol–water partition coefficient (Wildman–Crippen LogP) is 2.88. The van der Waals surface area contributed by atoms with Gasteiger partial charge in [-0.3, -0.25) is 4.79 Å². The van der Waals surface area contributed by atoms with Crippen molar-refractivity contribution in [2.24, 2.45) is 0 Å². The third-order valence-electron chi connectivity index (χ3n) is 2.95. The summed E-state index contributed by atoms with van der Waals surface area (Å²) < 4.78 is 32.0. The van der Waals surface area contributed by atoms with Gasteiger partial charge >= 0.3 is 5.97 Å². The summed E-state index contributed by atoms with van der Waals surface area (Å²) >= 11 is 10.1. The summed E-state index contributed by atoms with van der Waals surface area (Å²) in [4.78, 5) is 11.8. The number of nitrogens with zero attached hydrogens (tertiary/aromatic N) is 1. The van der Waals surface area contributed by atoms with Gasteiger partial charge in [-0.15, -0.1) is 11.3 Å². The fraction of sp³-hybridized carbons (Fsp3) is 0.545. The average Bonchev–Trinajstić information content (AvgIpc) is 2.98. The van der Waals surface area contributed by atoms with E-state index in [1.807, 2.05) is 0 Å². The number of hydrogen-bond donors (Lipinski definition) is 0. The van der Waals surface area contributed by atoms with E-state index in [9.17, 15) is 13.2 Å². The van der Waals surface area contributed by atoms with Crippen molar-refractivity contribution in [3.63, 3.8) is 0 Å². The second kappa shape index (κ2) is 6.31. The minimum absolute atomic E-state index is 0.130. The molecule has 0 aliphatic carbocycles. The zero-order valence-corrected chi connectivity index (χ0v) is 14.6. The van der Waals surface area contributed by atoms with Crippen LogP contribution in [-0.2, 0) is 19.6 Å². The summed E-state index contributed by atoms with van der Waals surface area (Å²) in [6, 6.07) is 0.659. The molecule has 0 radical (unpaired) electrons. The van der Waals surface area contributed by atoms with Crippen molar-refractivity contribution in [1.29, 1.82) is 0 Å². The largest absolute Gasteiger partial charge is 0.465 e. The van der Waals surface area contributed by atoms with Crippen molar-refractivity contribution in [3.8, 4) is 0 Å². The summed E-state index contributed by atoms with van der Waals surface area (Å²) in [5, 5.41) is 0.348. The molecule has 0 saturated carbocycles. The number of rotatable bonds is 4. The van der Waals surface area contributed by atoms with Gasteiger partial charge in [-0.2, -0.15) is 4.31 Å². The van der Waals surface area contributed by atoms with Crippen LogP contribution in [0, 0.1) is 0 Å². The molecule has 1 aromatic heterocycles. The number of esters is 1. The SMILES string of the molecule is CCOC(=O)C1CCCN1S(=O)(=O)c1cc(Cl)c(Br)s1. The molecule has 1 fully saturated rings. The van der Waals surface area contributed by atoms with Crippen LogP contribution in [0.2, 0.25) is 5.02 Å². The molecule has 1 atom stereocenters. The Morgan fingerprint density at radius 3 is 2.90 bits per heavy atom. The Morgan fingerprint density at radius 2 is 2.35 bits per heavy atom. The van der Waals surface area contributed by atoms with Crippen molar-refractivity contribution in [2.45, 2.75) is 30.0 Å². The standard InChI is InChI=1S/C11H13BrClNO4S2/c1-2-18-11(15)8-4-3-5-14(8)20(16,17)9-6-7(13)10(12)19-9/h6,8H,2-5H2,1H3. The van der Waals surface area contributed by atoms with Crippen LogP contribution >= 0.6 is 38.9 Å². The second-order valence-corrected chi connectivity index (χ2v) is 9.11. The van der Waals surface area contributed by atoms with Crippen molar-refractivity contribution < 1.29 is 17.9 Å². The van der Waals surface area contributed by atoms with E-state index in [0.717, 1.165) is 11.3 Å². The molecule has 5 nitrogen and oxygen atoms in total. The third-order valence-corrected chi connectivity index (χ3v) is 7.78. The maximum atomic E-state index is 12.6. The smallest absolute Gasteiger partial charge is 0.324 e. The quantitative estimate of drug-likeness (QED) is 0.727. The van der Waals surface area contributed by atoms with Crippen LogP contribution in [-0.4, -0.2) is 37.9 Å². The summed E-state index contributed by atoms with van der Waals surface area (Å²) in [7, 11) is -3.72. The van der Waals surface area contributed by atoms with Gasteiger partial charge in [0.2, 0.25) is 0 Å². The fourth-order valence-electron chi connectivity index (χ4n) is 2.07. The van der Waals surface area contributed by atoms with E-state index in [4.69, 9.17) is 16.3 Å². The predicted molar refractivity (Wildman–Crippen MR) is 80.6 cm³/mol. The number of ether oxygens (including phenoxy) is 1. The van der Waals surface area contributed by atoms with Gasteiger partial charge < -0.3 is 4.74 Å². The molecule has 2 rings (SSSR count). The lowest BCUT2D eigenvalue weighted by Crippen LogP contribution is -2.41. The molecule has 0 spiro atoms. The highest BCUT2D eigenvalue weighted by atomic mass is 79.9. The third kappa shape index (κ3) is 3.04. The van der Waals surface area contributed by atoms with Crippen LogP contribution in [0.25, 0.3) is 0 Å². The van der Waals surface area contributed by atoms with Crippen LogP contribution in [0.5, 0.6) is 0 Å². The zero-order chi connectivity index (χ0) is 14.9. The first-order valence-electron chi connectivity index (χ1n) is 6.01. The normalized spacial score (nSPS) is 20.2. The first kappa shape index (κ1) is 16.2. The van der Waals surface area contributed by atoms with Gasteiger partial charge in [0.25, 0.3) is 10.0 Å². The van der Waals surface area contributed by atoms with Gasteiger partial charge in [0.1, 0.15) is 10.3 Å². The molecule has 0 N–H and O–H groups in total. The lowest BCUT2D eigenvalue weighted by atomic mass is 10.2. The van der Waals surface area contributed by atoms with E-state index in [0.29, 0.717) is 28.2 Å². The van der Waals surface area contributed by atoms with Crippen molar-refractivity contribution in [2.75, 3.05) is 13.2 Å². The molecule has 0 aromatic carbocycles.